The van der Waals surface area contributed by atoms with Gasteiger partial charge in [-0.2, -0.15) is 0 Å². The van der Waals surface area contributed by atoms with Crippen LogP contribution in [-0.4, -0.2) is 37.9 Å². The minimum absolute atomic E-state index is 0.276. The van der Waals surface area contributed by atoms with Crippen molar-refractivity contribution in [3.8, 4) is 0 Å². The number of hydrogen-bond donors (Lipinski definition) is 0. The van der Waals surface area contributed by atoms with Gasteiger partial charge in [-0.3, -0.25) is 4.90 Å². The van der Waals surface area contributed by atoms with Crippen molar-refractivity contribution in [2.75, 3.05) is 24.6 Å². The molecular formula is C12H16BrNO2S. The highest BCUT2D eigenvalue weighted by atomic mass is 79.9. The molecule has 0 bridgehead atoms. The fourth-order valence-electron chi connectivity index (χ4n) is 2.07. The largest absolute Gasteiger partial charge is 0.295 e. The first-order valence-corrected chi connectivity index (χ1v) is 8.29. The number of halogens is 1. The summed E-state index contributed by atoms with van der Waals surface area (Å²) in [5.74, 6) is 0.571. The fraction of sp³-hybridized carbons (Fsp3) is 0.500. The summed E-state index contributed by atoms with van der Waals surface area (Å²) in [6, 6.07) is 8.48. The van der Waals surface area contributed by atoms with Crippen LogP contribution in [0.3, 0.4) is 0 Å². The van der Waals surface area contributed by atoms with Gasteiger partial charge in [-0.1, -0.05) is 28.1 Å². The van der Waals surface area contributed by atoms with E-state index in [0.29, 0.717) is 13.1 Å². The van der Waals surface area contributed by atoms with Crippen LogP contribution in [0.1, 0.15) is 18.5 Å². The van der Waals surface area contributed by atoms with E-state index in [0.717, 1.165) is 4.47 Å². The molecule has 1 aliphatic heterocycles. The monoisotopic (exact) mass is 317 g/mol. The number of hydrogen-bond acceptors (Lipinski definition) is 3. The van der Waals surface area contributed by atoms with Crippen LogP contribution in [0.5, 0.6) is 0 Å². The molecule has 0 amide bonds. The first-order valence-electron chi connectivity index (χ1n) is 5.68. The molecule has 0 saturated carbocycles. The molecule has 1 aromatic rings. The van der Waals surface area contributed by atoms with Crippen LogP contribution in [0.15, 0.2) is 28.7 Å². The Hall–Kier alpha value is -0.390. The number of nitrogens with zero attached hydrogens (tertiary/aromatic N) is 1. The second-order valence-electron chi connectivity index (χ2n) is 4.42. The Labute approximate surface area is 111 Å². The van der Waals surface area contributed by atoms with E-state index in [1.54, 1.807) is 0 Å². The van der Waals surface area contributed by atoms with E-state index in [1.165, 1.54) is 5.56 Å². The minimum Gasteiger partial charge on any atom is -0.295 e. The van der Waals surface area contributed by atoms with Crippen molar-refractivity contribution in [3.63, 3.8) is 0 Å². The Morgan fingerprint density at radius 1 is 1.18 bits per heavy atom. The Morgan fingerprint density at radius 2 is 1.71 bits per heavy atom. The summed E-state index contributed by atoms with van der Waals surface area (Å²) in [6.07, 6.45) is 0. The van der Waals surface area contributed by atoms with Crippen LogP contribution in [0.4, 0.5) is 0 Å². The number of sulfone groups is 1. The van der Waals surface area contributed by atoms with E-state index in [-0.39, 0.29) is 17.5 Å². The number of benzene rings is 1. The fourth-order valence-corrected chi connectivity index (χ4v) is 3.56. The summed E-state index contributed by atoms with van der Waals surface area (Å²) in [5.41, 5.74) is 1.23. The zero-order valence-corrected chi connectivity index (χ0v) is 12.2. The summed E-state index contributed by atoms with van der Waals surface area (Å²) in [6.45, 7) is 3.40. The molecule has 0 aromatic heterocycles. The van der Waals surface area contributed by atoms with Crippen molar-refractivity contribution in [3.05, 3.63) is 34.3 Å². The average Bonchev–Trinajstić information content (AvgIpc) is 2.29. The van der Waals surface area contributed by atoms with Crippen molar-refractivity contribution in [1.29, 1.82) is 0 Å². The van der Waals surface area contributed by atoms with Crippen LogP contribution >= 0.6 is 15.9 Å². The highest BCUT2D eigenvalue weighted by molar-refractivity contribution is 9.10. The summed E-state index contributed by atoms with van der Waals surface area (Å²) < 4.78 is 23.8. The lowest BCUT2D eigenvalue weighted by Gasteiger charge is -2.32. The van der Waals surface area contributed by atoms with Crippen molar-refractivity contribution in [2.45, 2.75) is 13.0 Å². The third-order valence-electron chi connectivity index (χ3n) is 3.28. The van der Waals surface area contributed by atoms with Gasteiger partial charge in [-0.25, -0.2) is 8.42 Å². The topological polar surface area (TPSA) is 37.4 Å². The zero-order chi connectivity index (χ0) is 12.5. The molecule has 17 heavy (non-hydrogen) atoms. The zero-order valence-electron chi connectivity index (χ0n) is 9.77. The third-order valence-corrected chi connectivity index (χ3v) is 5.42. The molecular weight excluding hydrogens is 302 g/mol. The summed E-state index contributed by atoms with van der Waals surface area (Å²) in [5, 5.41) is 0. The standard InChI is InChI=1S/C12H16BrNO2S/c1-10(11-2-4-12(13)5-3-11)14-6-8-17(15,16)9-7-14/h2-5,10H,6-9H2,1H3. The van der Waals surface area contributed by atoms with E-state index in [4.69, 9.17) is 0 Å². The first kappa shape index (κ1) is 13.1. The predicted molar refractivity (Wildman–Crippen MR) is 72.8 cm³/mol. The second-order valence-corrected chi connectivity index (χ2v) is 7.63. The van der Waals surface area contributed by atoms with E-state index in [1.807, 2.05) is 12.1 Å². The molecule has 1 atom stereocenters. The SMILES string of the molecule is CC(c1ccc(Br)cc1)N1CCS(=O)(=O)CC1. The van der Waals surface area contributed by atoms with Crippen LogP contribution in [0.25, 0.3) is 0 Å². The number of rotatable bonds is 2. The van der Waals surface area contributed by atoms with Gasteiger partial charge < -0.3 is 0 Å². The van der Waals surface area contributed by atoms with Gasteiger partial charge in [0.05, 0.1) is 11.5 Å². The van der Waals surface area contributed by atoms with Crippen LogP contribution in [-0.2, 0) is 9.84 Å². The normalized spacial score (nSPS) is 22.2. The second kappa shape index (κ2) is 5.08. The van der Waals surface area contributed by atoms with Crippen LogP contribution < -0.4 is 0 Å². The van der Waals surface area contributed by atoms with Crippen molar-refractivity contribution >= 4 is 25.8 Å². The van der Waals surface area contributed by atoms with Crippen LogP contribution in [0.2, 0.25) is 0 Å². The highest BCUT2D eigenvalue weighted by Gasteiger charge is 2.25. The summed E-state index contributed by atoms with van der Waals surface area (Å²) in [7, 11) is -2.79. The van der Waals surface area contributed by atoms with E-state index < -0.39 is 9.84 Å². The van der Waals surface area contributed by atoms with Gasteiger partial charge in [-0.05, 0) is 24.6 Å². The van der Waals surface area contributed by atoms with Gasteiger partial charge in [0.25, 0.3) is 0 Å². The molecule has 1 saturated heterocycles. The lowest BCUT2D eigenvalue weighted by molar-refractivity contribution is 0.229. The molecule has 1 aromatic carbocycles. The molecule has 0 radical (unpaired) electrons. The smallest absolute Gasteiger partial charge is 0.152 e. The third kappa shape index (κ3) is 3.30. The van der Waals surface area contributed by atoms with Crippen molar-refractivity contribution < 1.29 is 8.42 Å². The lowest BCUT2D eigenvalue weighted by atomic mass is 10.1. The Kier molecular flexibility index (Phi) is 3.90. The molecule has 94 valence electrons. The quantitative estimate of drug-likeness (QED) is 0.839. The Bertz CT molecular complexity index is 470. The minimum atomic E-state index is -2.79. The molecule has 1 aliphatic rings. The van der Waals surface area contributed by atoms with Gasteiger partial charge in [0.2, 0.25) is 0 Å². The van der Waals surface area contributed by atoms with Crippen molar-refractivity contribution in [1.82, 2.24) is 4.90 Å². The maximum absolute atomic E-state index is 11.4. The molecule has 1 fully saturated rings. The maximum Gasteiger partial charge on any atom is 0.152 e. The molecule has 0 spiro atoms. The molecule has 1 unspecified atom stereocenters. The highest BCUT2D eigenvalue weighted by Crippen LogP contribution is 2.23. The van der Waals surface area contributed by atoms with Gasteiger partial charge in [0.15, 0.2) is 9.84 Å². The summed E-state index contributed by atoms with van der Waals surface area (Å²) >= 11 is 3.41. The molecule has 0 aliphatic carbocycles. The Balaban J connectivity index is 2.06. The molecule has 2 rings (SSSR count). The maximum atomic E-state index is 11.4. The first-order chi connectivity index (χ1) is 7.98. The van der Waals surface area contributed by atoms with Crippen LogP contribution in [0, 0.1) is 0 Å². The lowest BCUT2D eigenvalue weighted by Crippen LogP contribution is -2.41. The molecule has 5 heteroatoms. The van der Waals surface area contributed by atoms with E-state index >= 15 is 0 Å². The average molecular weight is 318 g/mol. The predicted octanol–water partition coefficient (Wildman–Crippen LogP) is 2.24. The van der Waals surface area contributed by atoms with Gasteiger partial charge in [0.1, 0.15) is 0 Å². The van der Waals surface area contributed by atoms with Crippen molar-refractivity contribution in [2.24, 2.45) is 0 Å². The molecule has 0 N–H and O–H groups in total. The summed E-state index contributed by atoms with van der Waals surface area (Å²) in [4.78, 5) is 2.23. The Morgan fingerprint density at radius 3 is 2.24 bits per heavy atom. The van der Waals surface area contributed by atoms with Gasteiger partial charge in [0, 0.05) is 23.6 Å². The van der Waals surface area contributed by atoms with E-state index in [9.17, 15) is 8.42 Å². The molecule has 3 nitrogen and oxygen atoms in total. The van der Waals surface area contributed by atoms with Gasteiger partial charge in [-0.15, -0.1) is 0 Å². The van der Waals surface area contributed by atoms with E-state index in [2.05, 4.69) is 39.9 Å². The van der Waals surface area contributed by atoms with Gasteiger partial charge >= 0.3 is 0 Å². The molecule has 1 heterocycles.